The largest absolute Gasteiger partial charge is 0.467 e. The molecule has 0 spiro atoms. The first-order valence-electron chi connectivity index (χ1n) is 3.11. The highest BCUT2D eigenvalue weighted by Crippen LogP contribution is 2.07. The van der Waals surface area contributed by atoms with Gasteiger partial charge in [0.1, 0.15) is 5.82 Å². The fraction of sp³-hybridized carbons (Fsp3) is 0.333. The molecule has 12 heavy (non-hydrogen) atoms. The number of aliphatic imine (C=N–C) groups is 1. The summed E-state index contributed by atoms with van der Waals surface area (Å²) in [5, 5.41) is 0. The Hall–Kier alpha value is -1.81. The first kappa shape index (κ1) is 8.29. The van der Waals surface area contributed by atoms with Crippen molar-refractivity contribution in [3.63, 3.8) is 0 Å². The maximum atomic E-state index is 9.85. The van der Waals surface area contributed by atoms with Gasteiger partial charge in [-0.15, -0.1) is 4.99 Å². The standard InChI is InChI=1S/C6H6N4O2/c1-4-8-5(7-3-11)10-6(9-4)12-2/h1-2H3. The van der Waals surface area contributed by atoms with Crippen LogP contribution in [0.4, 0.5) is 5.95 Å². The van der Waals surface area contributed by atoms with Crippen molar-refractivity contribution in [1.82, 2.24) is 15.0 Å². The number of methoxy groups -OCH3 is 1. The summed E-state index contributed by atoms with van der Waals surface area (Å²) in [6.45, 7) is 1.65. The van der Waals surface area contributed by atoms with Gasteiger partial charge in [-0.05, 0) is 6.92 Å². The highest BCUT2D eigenvalue weighted by atomic mass is 16.5. The van der Waals surface area contributed by atoms with E-state index < -0.39 is 0 Å². The molecule has 1 rings (SSSR count). The van der Waals surface area contributed by atoms with Gasteiger partial charge in [-0.25, -0.2) is 4.79 Å². The molecule has 0 amide bonds. The lowest BCUT2D eigenvalue weighted by Gasteiger charge is -1.97. The summed E-state index contributed by atoms with van der Waals surface area (Å²) in [6.07, 6.45) is 1.33. The predicted molar refractivity (Wildman–Crippen MR) is 38.9 cm³/mol. The summed E-state index contributed by atoms with van der Waals surface area (Å²) >= 11 is 0. The van der Waals surface area contributed by atoms with E-state index in [0.717, 1.165) is 0 Å². The number of ether oxygens (including phenoxy) is 1. The van der Waals surface area contributed by atoms with Crippen LogP contribution in [0.2, 0.25) is 0 Å². The molecule has 6 heteroatoms. The van der Waals surface area contributed by atoms with Crippen molar-refractivity contribution < 1.29 is 9.53 Å². The summed E-state index contributed by atoms with van der Waals surface area (Å²) in [7, 11) is 1.42. The molecule has 0 saturated carbocycles. The molecule has 0 N–H and O–H groups in total. The summed E-state index contributed by atoms with van der Waals surface area (Å²) in [5.41, 5.74) is 0. The van der Waals surface area contributed by atoms with Gasteiger partial charge in [0, 0.05) is 0 Å². The van der Waals surface area contributed by atoms with E-state index in [-0.39, 0.29) is 12.0 Å². The average Bonchev–Trinajstić information content (AvgIpc) is 2.04. The van der Waals surface area contributed by atoms with Crippen LogP contribution in [-0.4, -0.2) is 28.1 Å². The van der Waals surface area contributed by atoms with Gasteiger partial charge in [-0.3, -0.25) is 0 Å². The maximum absolute atomic E-state index is 9.85. The molecule has 0 unspecified atom stereocenters. The average molecular weight is 166 g/mol. The highest BCUT2D eigenvalue weighted by Gasteiger charge is 2.01. The normalized spacial score (nSPS) is 8.83. The van der Waals surface area contributed by atoms with Crippen LogP contribution in [0.3, 0.4) is 0 Å². The van der Waals surface area contributed by atoms with Crippen LogP contribution in [0.5, 0.6) is 6.01 Å². The highest BCUT2D eigenvalue weighted by molar-refractivity contribution is 5.40. The molecule has 0 atom stereocenters. The monoisotopic (exact) mass is 166 g/mol. The molecular formula is C6H6N4O2. The van der Waals surface area contributed by atoms with Crippen molar-refractivity contribution in [2.24, 2.45) is 4.99 Å². The predicted octanol–water partition coefficient (Wildman–Crippen LogP) is 0.156. The molecule has 6 nitrogen and oxygen atoms in total. The molecule has 0 fully saturated rings. The zero-order valence-corrected chi connectivity index (χ0v) is 6.61. The zero-order chi connectivity index (χ0) is 8.97. The molecule has 0 saturated heterocycles. The number of hydrogen-bond acceptors (Lipinski definition) is 6. The number of carbonyl (C=O) groups excluding carboxylic acids is 1. The number of aryl methyl sites for hydroxylation is 1. The van der Waals surface area contributed by atoms with E-state index in [1.807, 2.05) is 0 Å². The van der Waals surface area contributed by atoms with Crippen molar-refractivity contribution >= 4 is 12.0 Å². The van der Waals surface area contributed by atoms with Gasteiger partial charge in [0.2, 0.25) is 6.08 Å². The van der Waals surface area contributed by atoms with Crippen LogP contribution >= 0.6 is 0 Å². The fourth-order valence-corrected chi connectivity index (χ4v) is 0.626. The second kappa shape index (κ2) is 3.54. The summed E-state index contributed by atoms with van der Waals surface area (Å²) in [5.74, 6) is 0.449. The van der Waals surface area contributed by atoms with Crippen molar-refractivity contribution in [2.45, 2.75) is 6.92 Å². The summed E-state index contributed by atoms with van der Waals surface area (Å²) < 4.78 is 4.73. The number of isocyanates is 1. The van der Waals surface area contributed by atoms with Gasteiger partial charge in [-0.1, -0.05) is 0 Å². The Bertz CT molecular complexity index is 332. The topological polar surface area (TPSA) is 77.3 Å². The minimum atomic E-state index is 0.00866. The van der Waals surface area contributed by atoms with Crippen molar-refractivity contribution in [2.75, 3.05) is 7.11 Å². The minimum Gasteiger partial charge on any atom is -0.467 e. The van der Waals surface area contributed by atoms with Crippen LogP contribution in [0.15, 0.2) is 4.99 Å². The van der Waals surface area contributed by atoms with Gasteiger partial charge >= 0.3 is 6.01 Å². The molecule has 62 valence electrons. The van der Waals surface area contributed by atoms with Crippen LogP contribution in [0.1, 0.15) is 5.82 Å². The molecular weight excluding hydrogens is 160 g/mol. The van der Waals surface area contributed by atoms with E-state index in [4.69, 9.17) is 4.74 Å². The Kier molecular flexibility index (Phi) is 2.45. The van der Waals surface area contributed by atoms with Gasteiger partial charge < -0.3 is 4.74 Å². The Morgan fingerprint density at radius 3 is 2.75 bits per heavy atom. The Balaban J connectivity index is 3.14. The first-order chi connectivity index (χ1) is 5.76. The van der Waals surface area contributed by atoms with Crippen LogP contribution in [-0.2, 0) is 4.79 Å². The first-order valence-corrected chi connectivity index (χ1v) is 3.11. The van der Waals surface area contributed by atoms with E-state index in [9.17, 15) is 4.79 Å². The van der Waals surface area contributed by atoms with Crippen LogP contribution in [0.25, 0.3) is 0 Å². The van der Waals surface area contributed by atoms with E-state index in [1.54, 1.807) is 6.92 Å². The van der Waals surface area contributed by atoms with Crippen molar-refractivity contribution in [3.05, 3.63) is 5.82 Å². The Morgan fingerprint density at radius 2 is 2.17 bits per heavy atom. The van der Waals surface area contributed by atoms with Crippen molar-refractivity contribution in [1.29, 1.82) is 0 Å². The smallest absolute Gasteiger partial charge is 0.321 e. The number of hydrogen-bond donors (Lipinski definition) is 0. The molecule has 1 aromatic rings. The van der Waals surface area contributed by atoms with Crippen molar-refractivity contribution in [3.8, 4) is 6.01 Å². The number of nitrogens with zero attached hydrogens (tertiary/aromatic N) is 4. The van der Waals surface area contributed by atoms with E-state index in [0.29, 0.717) is 5.82 Å². The molecule has 0 aromatic carbocycles. The lowest BCUT2D eigenvalue weighted by Crippen LogP contribution is -1.96. The van der Waals surface area contributed by atoms with Gasteiger partial charge in [0.25, 0.3) is 5.95 Å². The quantitative estimate of drug-likeness (QED) is 0.461. The Morgan fingerprint density at radius 1 is 1.42 bits per heavy atom. The second-order valence-corrected chi connectivity index (χ2v) is 1.87. The van der Waals surface area contributed by atoms with Crippen LogP contribution in [0, 0.1) is 6.92 Å². The Labute approximate surface area is 68.4 Å². The molecule has 0 aliphatic rings. The third-order valence-electron chi connectivity index (χ3n) is 1.04. The third-order valence-corrected chi connectivity index (χ3v) is 1.04. The molecule has 0 aliphatic carbocycles. The number of aromatic nitrogens is 3. The van der Waals surface area contributed by atoms with E-state index in [1.165, 1.54) is 13.2 Å². The third kappa shape index (κ3) is 1.83. The van der Waals surface area contributed by atoms with Gasteiger partial charge in [0.05, 0.1) is 7.11 Å². The molecule has 0 bridgehead atoms. The molecule has 0 aliphatic heterocycles. The number of rotatable bonds is 2. The molecule has 0 radical (unpaired) electrons. The maximum Gasteiger partial charge on any atom is 0.321 e. The molecule has 1 aromatic heterocycles. The lowest BCUT2D eigenvalue weighted by molar-refractivity contribution is 0.377. The summed E-state index contributed by atoms with van der Waals surface area (Å²) in [4.78, 5) is 24.3. The summed E-state index contributed by atoms with van der Waals surface area (Å²) in [6, 6.07) is 0.136. The van der Waals surface area contributed by atoms with Crippen LogP contribution < -0.4 is 4.74 Å². The fourth-order valence-electron chi connectivity index (χ4n) is 0.626. The minimum absolute atomic E-state index is 0.00866. The van der Waals surface area contributed by atoms with E-state index >= 15 is 0 Å². The molecule has 1 heterocycles. The second-order valence-electron chi connectivity index (χ2n) is 1.87. The van der Waals surface area contributed by atoms with Gasteiger partial charge in [0.15, 0.2) is 0 Å². The van der Waals surface area contributed by atoms with Gasteiger partial charge in [-0.2, -0.15) is 15.0 Å². The lowest BCUT2D eigenvalue weighted by atomic mass is 10.7. The van der Waals surface area contributed by atoms with E-state index in [2.05, 4.69) is 19.9 Å². The SMILES string of the molecule is COc1nc(C)nc(N=C=O)n1. The zero-order valence-electron chi connectivity index (χ0n) is 6.61.